The van der Waals surface area contributed by atoms with Gasteiger partial charge in [0.25, 0.3) is 5.69 Å². The van der Waals surface area contributed by atoms with Crippen molar-refractivity contribution < 1.29 is 22.9 Å². The van der Waals surface area contributed by atoms with E-state index in [2.05, 4.69) is 4.72 Å². The van der Waals surface area contributed by atoms with Crippen molar-refractivity contribution in [2.24, 2.45) is 0 Å². The van der Waals surface area contributed by atoms with Crippen LogP contribution in [0.25, 0.3) is 0 Å². The van der Waals surface area contributed by atoms with Gasteiger partial charge in [0, 0.05) is 18.6 Å². The summed E-state index contributed by atoms with van der Waals surface area (Å²) in [5.74, 6) is -0.375. The average Bonchev–Trinajstić information content (AvgIpc) is 2.67. The van der Waals surface area contributed by atoms with Crippen molar-refractivity contribution in [1.82, 2.24) is 4.72 Å². The molecule has 1 fully saturated rings. The number of sulfonamides is 1. The fourth-order valence-electron chi connectivity index (χ4n) is 3.05. The van der Waals surface area contributed by atoms with Crippen LogP contribution in [0.3, 0.4) is 0 Å². The van der Waals surface area contributed by atoms with E-state index in [1.54, 1.807) is 24.3 Å². The molecule has 0 amide bonds. The summed E-state index contributed by atoms with van der Waals surface area (Å²) in [6.07, 6.45) is 1.38. The molecule has 1 N–H and O–H groups in total. The van der Waals surface area contributed by atoms with Crippen molar-refractivity contribution >= 4 is 21.7 Å². The summed E-state index contributed by atoms with van der Waals surface area (Å²) in [6, 6.07) is 13.6. The Balaban J connectivity index is 1.84. The summed E-state index contributed by atoms with van der Waals surface area (Å²) in [5, 5.41) is 10.7. The van der Waals surface area contributed by atoms with Crippen LogP contribution in [0, 0.1) is 10.1 Å². The van der Waals surface area contributed by atoms with E-state index in [1.807, 2.05) is 6.07 Å². The number of hydrogen-bond donors (Lipinski definition) is 1. The lowest BCUT2D eigenvalue weighted by molar-refractivity contribution is -0.384. The topological polar surface area (TPSA) is 116 Å². The van der Waals surface area contributed by atoms with Crippen molar-refractivity contribution in [3.05, 3.63) is 70.3 Å². The van der Waals surface area contributed by atoms with Crippen LogP contribution < -0.4 is 4.72 Å². The number of nitrogens with zero attached hydrogens (tertiary/aromatic N) is 1. The molecule has 2 aromatic carbocycles. The van der Waals surface area contributed by atoms with Crippen LogP contribution in [0.15, 0.2) is 59.5 Å². The number of carbonyl (C=O) groups is 1. The fraction of sp³-hybridized carbons (Fsp3) is 0.278. The number of rotatable bonds is 6. The summed E-state index contributed by atoms with van der Waals surface area (Å²) in [7, 11) is -3.93. The van der Waals surface area contributed by atoms with Gasteiger partial charge in [-0.3, -0.25) is 14.9 Å². The predicted octanol–water partition coefficient (Wildman–Crippen LogP) is 2.50. The van der Waals surface area contributed by atoms with E-state index < -0.39 is 20.5 Å². The SMILES string of the molecule is O=C1CCCC(CNS(=O)(=O)c2ccc([N+](=O)[O-])cc2)(c2ccccc2)O1. The number of esters is 1. The maximum atomic E-state index is 12.6. The Morgan fingerprint density at radius 1 is 1.11 bits per heavy atom. The van der Waals surface area contributed by atoms with Gasteiger partial charge in [0.15, 0.2) is 5.60 Å². The minimum atomic E-state index is -3.93. The lowest BCUT2D eigenvalue weighted by Crippen LogP contribution is -2.46. The first-order chi connectivity index (χ1) is 12.8. The zero-order chi connectivity index (χ0) is 19.5. The molecular formula is C18H18N2O6S. The Kier molecular flexibility index (Phi) is 5.24. The number of ether oxygens (including phenoxy) is 1. The summed E-state index contributed by atoms with van der Waals surface area (Å²) in [4.78, 5) is 21.9. The van der Waals surface area contributed by atoms with Gasteiger partial charge in [0.1, 0.15) is 0 Å². The summed E-state index contributed by atoms with van der Waals surface area (Å²) < 4.78 is 33.2. The molecular weight excluding hydrogens is 372 g/mol. The van der Waals surface area contributed by atoms with Gasteiger partial charge in [-0.1, -0.05) is 30.3 Å². The molecule has 1 heterocycles. The standard InChI is InChI=1S/C18H18N2O6S/c21-17-7-4-12-18(26-17,14-5-2-1-3-6-14)13-19-27(24,25)16-10-8-15(9-11-16)20(22)23/h1-3,5-6,8-11,19H,4,7,12-13H2. The van der Waals surface area contributed by atoms with E-state index >= 15 is 0 Å². The van der Waals surface area contributed by atoms with Gasteiger partial charge in [-0.2, -0.15) is 0 Å². The number of benzene rings is 2. The molecule has 0 saturated carbocycles. The highest BCUT2D eigenvalue weighted by Gasteiger charge is 2.40. The zero-order valence-electron chi connectivity index (χ0n) is 14.3. The third-order valence-electron chi connectivity index (χ3n) is 4.48. The fourth-order valence-corrected chi connectivity index (χ4v) is 4.14. The maximum absolute atomic E-state index is 12.6. The highest BCUT2D eigenvalue weighted by Crippen LogP contribution is 2.35. The van der Waals surface area contributed by atoms with Crippen LogP contribution in [0.5, 0.6) is 0 Å². The van der Waals surface area contributed by atoms with E-state index in [9.17, 15) is 23.3 Å². The second-order valence-electron chi connectivity index (χ2n) is 6.26. The van der Waals surface area contributed by atoms with Crippen LogP contribution >= 0.6 is 0 Å². The Bertz CT molecular complexity index is 944. The monoisotopic (exact) mass is 390 g/mol. The van der Waals surface area contributed by atoms with Gasteiger partial charge in [-0.05, 0) is 30.5 Å². The van der Waals surface area contributed by atoms with Gasteiger partial charge in [0.2, 0.25) is 10.0 Å². The molecule has 1 atom stereocenters. The maximum Gasteiger partial charge on any atom is 0.306 e. The predicted molar refractivity (Wildman–Crippen MR) is 96.3 cm³/mol. The van der Waals surface area contributed by atoms with Gasteiger partial charge in [0.05, 0.1) is 16.4 Å². The van der Waals surface area contributed by atoms with E-state index in [0.29, 0.717) is 24.8 Å². The molecule has 2 aromatic rings. The summed E-state index contributed by atoms with van der Waals surface area (Å²) >= 11 is 0. The molecule has 27 heavy (non-hydrogen) atoms. The van der Waals surface area contributed by atoms with Crippen LogP contribution in [0.4, 0.5) is 5.69 Å². The molecule has 3 rings (SSSR count). The number of cyclic esters (lactones) is 1. The molecule has 1 aliphatic rings. The number of non-ortho nitro benzene ring substituents is 1. The minimum absolute atomic E-state index is 0.0987. The van der Waals surface area contributed by atoms with Crippen molar-refractivity contribution in [3.63, 3.8) is 0 Å². The van der Waals surface area contributed by atoms with Gasteiger partial charge in [-0.25, -0.2) is 13.1 Å². The molecule has 9 heteroatoms. The molecule has 0 aliphatic carbocycles. The summed E-state index contributed by atoms with van der Waals surface area (Å²) in [6.45, 7) is -0.123. The van der Waals surface area contributed by atoms with Crippen molar-refractivity contribution in [2.75, 3.05) is 6.54 Å². The summed E-state index contributed by atoms with van der Waals surface area (Å²) in [5.41, 5.74) is -0.565. The quantitative estimate of drug-likeness (QED) is 0.460. The number of carbonyl (C=O) groups excluding carboxylic acids is 1. The first kappa shape index (κ1) is 19.0. The molecule has 0 bridgehead atoms. The second kappa shape index (κ2) is 7.45. The molecule has 0 aromatic heterocycles. The van der Waals surface area contributed by atoms with Gasteiger partial charge < -0.3 is 4.74 Å². The minimum Gasteiger partial charge on any atom is -0.453 e. The normalized spacial score (nSPS) is 20.1. The Morgan fingerprint density at radius 3 is 2.37 bits per heavy atom. The van der Waals surface area contributed by atoms with E-state index in [4.69, 9.17) is 4.74 Å². The first-order valence-corrected chi connectivity index (χ1v) is 9.82. The molecule has 1 unspecified atom stereocenters. The lowest BCUT2D eigenvalue weighted by atomic mass is 9.86. The Morgan fingerprint density at radius 2 is 1.78 bits per heavy atom. The van der Waals surface area contributed by atoms with Crippen molar-refractivity contribution in [2.45, 2.75) is 29.8 Å². The third kappa shape index (κ3) is 4.15. The first-order valence-electron chi connectivity index (χ1n) is 8.34. The van der Waals surface area contributed by atoms with E-state index in [-0.39, 0.29) is 23.1 Å². The van der Waals surface area contributed by atoms with Crippen LogP contribution in [0.2, 0.25) is 0 Å². The van der Waals surface area contributed by atoms with E-state index in [0.717, 1.165) is 12.1 Å². The van der Waals surface area contributed by atoms with E-state index in [1.165, 1.54) is 12.1 Å². The highest BCUT2D eigenvalue weighted by molar-refractivity contribution is 7.89. The third-order valence-corrected chi connectivity index (χ3v) is 5.89. The van der Waals surface area contributed by atoms with Gasteiger partial charge in [-0.15, -0.1) is 0 Å². The number of nitro benzene ring substituents is 1. The number of nitro groups is 1. The van der Waals surface area contributed by atoms with Gasteiger partial charge >= 0.3 is 5.97 Å². The van der Waals surface area contributed by atoms with Crippen LogP contribution in [-0.4, -0.2) is 25.9 Å². The molecule has 8 nitrogen and oxygen atoms in total. The molecule has 1 aliphatic heterocycles. The number of hydrogen-bond acceptors (Lipinski definition) is 6. The smallest absolute Gasteiger partial charge is 0.306 e. The lowest BCUT2D eigenvalue weighted by Gasteiger charge is -2.37. The molecule has 142 valence electrons. The Labute approximate surface area is 156 Å². The van der Waals surface area contributed by atoms with Crippen molar-refractivity contribution in [1.29, 1.82) is 0 Å². The average molecular weight is 390 g/mol. The van der Waals surface area contributed by atoms with Crippen LogP contribution in [-0.2, 0) is 25.2 Å². The second-order valence-corrected chi connectivity index (χ2v) is 8.03. The molecule has 0 radical (unpaired) electrons. The largest absolute Gasteiger partial charge is 0.453 e. The molecule has 0 spiro atoms. The Hall–Kier alpha value is -2.78. The van der Waals surface area contributed by atoms with Crippen LogP contribution in [0.1, 0.15) is 24.8 Å². The number of nitrogens with one attached hydrogen (secondary N) is 1. The molecule has 1 saturated heterocycles. The highest BCUT2D eigenvalue weighted by atomic mass is 32.2. The zero-order valence-corrected chi connectivity index (χ0v) is 15.1. The van der Waals surface area contributed by atoms with Crippen molar-refractivity contribution in [3.8, 4) is 0 Å².